The van der Waals surface area contributed by atoms with Gasteiger partial charge in [0, 0.05) is 29.7 Å². The van der Waals surface area contributed by atoms with E-state index in [9.17, 15) is 14.4 Å². The van der Waals surface area contributed by atoms with Gasteiger partial charge in [0.15, 0.2) is 5.78 Å². The van der Waals surface area contributed by atoms with E-state index < -0.39 is 12.0 Å². The van der Waals surface area contributed by atoms with Crippen LogP contribution in [0.1, 0.15) is 33.5 Å². The zero-order valence-electron chi connectivity index (χ0n) is 23.0. The predicted molar refractivity (Wildman–Crippen MR) is 159 cm³/mol. The fourth-order valence-electron chi connectivity index (χ4n) is 4.38. The van der Waals surface area contributed by atoms with Crippen LogP contribution < -0.4 is 15.4 Å². The molecular weight excluding hydrogens is 516 g/mol. The minimum Gasteiger partial charge on any atom is -0.492 e. The summed E-state index contributed by atoms with van der Waals surface area (Å²) in [5.74, 6) is 0.0800. The lowest BCUT2D eigenvalue weighted by Crippen LogP contribution is -2.33. The van der Waals surface area contributed by atoms with E-state index in [1.807, 2.05) is 78.9 Å². The van der Waals surface area contributed by atoms with Crippen molar-refractivity contribution in [1.82, 2.24) is 5.32 Å². The van der Waals surface area contributed by atoms with Crippen LogP contribution in [0.25, 0.3) is 0 Å². The fraction of sp³-hybridized carbons (Fsp3) is 0.206. The molecule has 7 nitrogen and oxygen atoms in total. The Morgan fingerprint density at radius 2 is 1.41 bits per heavy atom. The molecule has 4 aromatic carbocycles. The summed E-state index contributed by atoms with van der Waals surface area (Å²) < 4.78 is 10.8. The van der Waals surface area contributed by atoms with E-state index in [4.69, 9.17) is 9.47 Å². The Bertz CT molecular complexity index is 1420. The number of carbonyl (C=O) groups excluding carboxylic acids is 3. The monoisotopic (exact) mass is 550 g/mol. The summed E-state index contributed by atoms with van der Waals surface area (Å²) in [6.07, 6.45) is 1.47. The van der Waals surface area contributed by atoms with Crippen molar-refractivity contribution in [2.24, 2.45) is 0 Å². The molecule has 0 aromatic heterocycles. The van der Waals surface area contributed by atoms with Crippen LogP contribution in [-0.2, 0) is 27.2 Å². The summed E-state index contributed by atoms with van der Waals surface area (Å²) >= 11 is 0. The lowest BCUT2D eigenvalue weighted by atomic mass is 10.00. The summed E-state index contributed by atoms with van der Waals surface area (Å²) in [4.78, 5) is 37.9. The van der Waals surface area contributed by atoms with E-state index in [1.54, 1.807) is 30.3 Å². The highest BCUT2D eigenvalue weighted by atomic mass is 16.5. The van der Waals surface area contributed by atoms with Crippen LogP contribution in [0.3, 0.4) is 0 Å². The number of ketones is 1. The number of nitrogens with one attached hydrogen (secondary N) is 2. The Morgan fingerprint density at radius 1 is 0.756 bits per heavy atom. The van der Waals surface area contributed by atoms with Crippen LogP contribution in [0.5, 0.6) is 5.75 Å². The Balaban J connectivity index is 1.30. The number of aryl methyl sites for hydroxylation is 1. The zero-order chi connectivity index (χ0) is 28.9. The number of para-hydroxylation sites is 1. The van der Waals surface area contributed by atoms with E-state index in [0.717, 1.165) is 11.1 Å². The first-order valence-corrected chi connectivity index (χ1v) is 13.6. The van der Waals surface area contributed by atoms with Crippen molar-refractivity contribution in [3.05, 3.63) is 131 Å². The number of benzene rings is 4. The first kappa shape index (κ1) is 29.1. The molecule has 4 aromatic rings. The molecule has 0 spiro atoms. The quantitative estimate of drug-likeness (QED) is 0.127. The predicted octanol–water partition coefficient (Wildman–Crippen LogP) is 5.24. The standard InChI is InChI=1S/C34H34N2O5/c1-40-34(39)31(36-30-15-9-8-14-29(30)33(38)27-12-6-3-7-13-27)24-26-16-19-28(20-17-26)41-23-22-35-32(37)21-18-25-10-4-2-5-11-25/h2-17,19-20,31,36H,18,21-24H2,1H3,(H,35,37)/t31-/m0/s1. The van der Waals surface area contributed by atoms with E-state index in [0.29, 0.717) is 55.0 Å². The normalized spacial score (nSPS) is 11.2. The molecule has 1 atom stereocenters. The van der Waals surface area contributed by atoms with Gasteiger partial charge in [-0.25, -0.2) is 4.79 Å². The number of amides is 1. The minimum atomic E-state index is -0.706. The molecule has 0 saturated carbocycles. The zero-order valence-corrected chi connectivity index (χ0v) is 23.0. The number of esters is 1. The molecule has 0 saturated heterocycles. The van der Waals surface area contributed by atoms with E-state index in [2.05, 4.69) is 10.6 Å². The number of hydrogen-bond donors (Lipinski definition) is 2. The summed E-state index contributed by atoms with van der Waals surface area (Å²) in [6.45, 7) is 0.750. The molecule has 0 aliphatic rings. The highest BCUT2D eigenvalue weighted by Crippen LogP contribution is 2.22. The van der Waals surface area contributed by atoms with Crippen LogP contribution in [0.15, 0.2) is 109 Å². The van der Waals surface area contributed by atoms with Gasteiger partial charge in [-0.05, 0) is 41.8 Å². The SMILES string of the molecule is COC(=O)[C@H](Cc1ccc(OCCNC(=O)CCc2ccccc2)cc1)Nc1ccccc1C(=O)c1ccccc1. The second kappa shape index (κ2) is 15.0. The van der Waals surface area contributed by atoms with Gasteiger partial charge in [-0.2, -0.15) is 0 Å². The molecule has 0 fully saturated rings. The average Bonchev–Trinajstić information content (AvgIpc) is 3.03. The van der Waals surface area contributed by atoms with Gasteiger partial charge in [0.2, 0.25) is 5.91 Å². The molecule has 0 aliphatic carbocycles. The van der Waals surface area contributed by atoms with Gasteiger partial charge in [-0.1, -0.05) is 84.9 Å². The first-order chi connectivity index (χ1) is 20.0. The van der Waals surface area contributed by atoms with Gasteiger partial charge < -0.3 is 20.1 Å². The maximum Gasteiger partial charge on any atom is 0.328 e. The van der Waals surface area contributed by atoms with Gasteiger partial charge in [0.1, 0.15) is 18.4 Å². The second-order valence-corrected chi connectivity index (χ2v) is 9.49. The van der Waals surface area contributed by atoms with Gasteiger partial charge >= 0.3 is 5.97 Å². The number of ether oxygens (including phenoxy) is 2. The molecule has 210 valence electrons. The smallest absolute Gasteiger partial charge is 0.328 e. The number of hydrogen-bond acceptors (Lipinski definition) is 6. The largest absolute Gasteiger partial charge is 0.492 e. The summed E-state index contributed by atoms with van der Waals surface area (Å²) in [7, 11) is 1.34. The van der Waals surface area contributed by atoms with Crippen LogP contribution in [-0.4, -0.2) is 44.0 Å². The Hall–Kier alpha value is -4.91. The lowest BCUT2D eigenvalue weighted by molar-refractivity contribution is -0.141. The van der Waals surface area contributed by atoms with Crippen molar-refractivity contribution in [1.29, 1.82) is 0 Å². The number of methoxy groups -OCH3 is 1. The van der Waals surface area contributed by atoms with Crippen molar-refractivity contribution in [2.75, 3.05) is 25.6 Å². The van der Waals surface area contributed by atoms with Crippen molar-refractivity contribution in [3.63, 3.8) is 0 Å². The average molecular weight is 551 g/mol. The second-order valence-electron chi connectivity index (χ2n) is 9.49. The summed E-state index contributed by atoms with van der Waals surface area (Å²) in [5, 5.41) is 6.10. The third-order valence-corrected chi connectivity index (χ3v) is 6.56. The number of rotatable bonds is 14. The number of carbonyl (C=O) groups is 3. The third kappa shape index (κ3) is 8.80. The molecule has 1 amide bonds. The van der Waals surface area contributed by atoms with Crippen molar-refractivity contribution in [2.45, 2.75) is 25.3 Å². The van der Waals surface area contributed by atoms with Crippen LogP contribution in [0, 0.1) is 0 Å². The summed E-state index contributed by atoms with van der Waals surface area (Å²) in [5.41, 5.74) is 3.62. The van der Waals surface area contributed by atoms with E-state index in [1.165, 1.54) is 7.11 Å². The molecule has 0 bridgehead atoms. The maximum absolute atomic E-state index is 13.1. The Labute approximate surface area is 240 Å². The van der Waals surface area contributed by atoms with E-state index >= 15 is 0 Å². The third-order valence-electron chi connectivity index (χ3n) is 6.56. The topological polar surface area (TPSA) is 93.7 Å². The first-order valence-electron chi connectivity index (χ1n) is 13.6. The van der Waals surface area contributed by atoms with Crippen LogP contribution in [0.4, 0.5) is 5.69 Å². The molecule has 0 radical (unpaired) electrons. The molecular formula is C34H34N2O5. The molecule has 2 N–H and O–H groups in total. The van der Waals surface area contributed by atoms with Crippen molar-refractivity contribution >= 4 is 23.3 Å². The Kier molecular flexibility index (Phi) is 10.7. The van der Waals surface area contributed by atoms with Gasteiger partial charge in [-0.15, -0.1) is 0 Å². The van der Waals surface area contributed by atoms with Gasteiger partial charge in [-0.3, -0.25) is 9.59 Å². The molecule has 0 aliphatic heterocycles. The maximum atomic E-state index is 13.1. The molecule has 7 heteroatoms. The fourth-order valence-corrected chi connectivity index (χ4v) is 4.38. The lowest BCUT2D eigenvalue weighted by Gasteiger charge is -2.20. The molecule has 41 heavy (non-hydrogen) atoms. The highest BCUT2D eigenvalue weighted by Gasteiger charge is 2.22. The van der Waals surface area contributed by atoms with Crippen LogP contribution >= 0.6 is 0 Å². The van der Waals surface area contributed by atoms with Crippen molar-refractivity contribution in [3.8, 4) is 5.75 Å². The molecule has 0 unspecified atom stereocenters. The Morgan fingerprint density at radius 3 is 2.12 bits per heavy atom. The van der Waals surface area contributed by atoms with Gasteiger partial charge in [0.25, 0.3) is 0 Å². The minimum absolute atomic E-state index is 0.0128. The number of anilines is 1. The summed E-state index contributed by atoms with van der Waals surface area (Å²) in [6, 6.07) is 32.8. The van der Waals surface area contributed by atoms with Crippen LogP contribution in [0.2, 0.25) is 0 Å². The molecule has 0 heterocycles. The molecule has 4 rings (SSSR count). The van der Waals surface area contributed by atoms with Crippen molar-refractivity contribution < 1.29 is 23.9 Å². The highest BCUT2D eigenvalue weighted by molar-refractivity contribution is 6.12. The van der Waals surface area contributed by atoms with Gasteiger partial charge in [0.05, 0.1) is 13.7 Å². The van der Waals surface area contributed by atoms with E-state index in [-0.39, 0.29) is 11.7 Å².